The normalized spacial score (nSPS) is 16.2. The van der Waals surface area contributed by atoms with E-state index in [-0.39, 0.29) is 0 Å². The van der Waals surface area contributed by atoms with Crippen molar-refractivity contribution in [1.82, 2.24) is 4.98 Å². The van der Waals surface area contributed by atoms with E-state index in [2.05, 4.69) is 47.2 Å². The molecular formula is C17H23N3S. The minimum absolute atomic E-state index is 0.320. The maximum absolute atomic E-state index is 4.60. The van der Waals surface area contributed by atoms with Crippen molar-refractivity contribution >= 4 is 22.8 Å². The van der Waals surface area contributed by atoms with Gasteiger partial charge in [-0.2, -0.15) is 0 Å². The van der Waals surface area contributed by atoms with Crippen LogP contribution in [-0.4, -0.2) is 18.1 Å². The molecule has 0 spiro atoms. The number of hydrogen-bond acceptors (Lipinski definition) is 4. The van der Waals surface area contributed by atoms with Gasteiger partial charge in [0, 0.05) is 29.0 Å². The van der Waals surface area contributed by atoms with Gasteiger partial charge in [-0.15, -0.1) is 11.3 Å². The molecule has 3 rings (SSSR count). The van der Waals surface area contributed by atoms with Gasteiger partial charge in [-0.1, -0.05) is 6.92 Å². The number of aromatic nitrogens is 1. The van der Waals surface area contributed by atoms with Crippen LogP contribution in [0.15, 0.2) is 30.5 Å². The highest BCUT2D eigenvalue weighted by Crippen LogP contribution is 2.31. The Kier molecular flexibility index (Phi) is 4.44. The van der Waals surface area contributed by atoms with Crippen LogP contribution in [0.1, 0.15) is 42.5 Å². The van der Waals surface area contributed by atoms with Crippen LogP contribution in [0.4, 0.5) is 11.5 Å². The van der Waals surface area contributed by atoms with Crippen molar-refractivity contribution in [2.45, 2.75) is 39.2 Å². The van der Waals surface area contributed by atoms with Gasteiger partial charge in [0.1, 0.15) is 0 Å². The van der Waals surface area contributed by atoms with Crippen LogP contribution in [0, 0.1) is 0 Å². The van der Waals surface area contributed by atoms with Gasteiger partial charge in [0.05, 0.1) is 11.7 Å². The summed E-state index contributed by atoms with van der Waals surface area (Å²) < 4.78 is 0. The molecule has 2 aromatic heterocycles. The quantitative estimate of drug-likeness (QED) is 0.882. The third-order valence-electron chi connectivity index (χ3n) is 4.02. The summed E-state index contributed by atoms with van der Waals surface area (Å²) in [6.07, 6.45) is 5.56. The van der Waals surface area contributed by atoms with Gasteiger partial charge >= 0.3 is 0 Å². The molecule has 1 fully saturated rings. The Morgan fingerprint density at radius 3 is 2.81 bits per heavy atom. The molecule has 1 saturated heterocycles. The van der Waals surface area contributed by atoms with Crippen molar-refractivity contribution in [3.63, 3.8) is 0 Å². The molecule has 3 heterocycles. The molecule has 0 saturated carbocycles. The van der Waals surface area contributed by atoms with Crippen molar-refractivity contribution in [3.8, 4) is 0 Å². The van der Waals surface area contributed by atoms with E-state index in [0.29, 0.717) is 6.04 Å². The maximum Gasteiger partial charge on any atom is 0.151 e. The van der Waals surface area contributed by atoms with Gasteiger partial charge in [-0.3, -0.25) is 0 Å². The Bertz CT molecular complexity index is 587. The summed E-state index contributed by atoms with van der Waals surface area (Å²) in [5, 5.41) is 3.65. The summed E-state index contributed by atoms with van der Waals surface area (Å²) in [5.41, 5.74) is 1.15. The average Bonchev–Trinajstić information content (AvgIpc) is 3.19. The Balaban J connectivity index is 1.77. The molecule has 0 radical (unpaired) electrons. The molecule has 1 aliphatic rings. The number of rotatable bonds is 5. The van der Waals surface area contributed by atoms with Gasteiger partial charge in [0.25, 0.3) is 0 Å². The van der Waals surface area contributed by atoms with E-state index in [9.17, 15) is 0 Å². The van der Waals surface area contributed by atoms with Crippen molar-refractivity contribution in [1.29, 1.82) is 0 Å². The van der Waals surface area contributed by atoms with Crippen molar-refractivity contribution < 1.29 is 0 Å². The number of hydrogen-bond donors (Lipinski definition) is 1. The van der Waals surface area contributed by atoms with Crippen LogP contribution in [0.25, 0.3) is 0 Å². The lowest BCUT2D eigenvalue weighted by molar-refractivity contribution is 0.888. The number of nitrogens with one attached hydrogen (secondary N) is 1. The molecule has 1 atom stereocenters. The molecule has 2 aromatic rings. The van der Waals surface area contributed by atoms with Crippen LogP contribution in [0.2, 0.25) is 0 Å². The molecule has 0 bridgehead atoms. The van der Waals surface area contributed by atoms with Crippen LogP contribution in [0.5, 0.6) is 0 Å². The lowest BCUT2D eigenvalue weighted by Gasteiger charge is -2.22. The van der Waals surface area contributed by atoms with Gasteiger partial charge in [0.2, 0.25) is 0 Å². The van der Waals surface area contributed by atoms with Gasteiger partial charge in [-0.25, -0.2) is 4.98 Å². The van der Waals surface area contributed by atoms with Crippen molar-refractivity contribution in [2.24, 2.45) is 0 Å². The van der Waals surface area contributed by atoms with E-state index in [0.717, 1.165) is 31.0 Å². The molecule has 21 heavy (non-hydrogen) atoms. The minimum Gasteiger partial charge on any atom is -0.375 e. The molecule has 4 heteroatoms. The van der Waals surface area contributed by atoms with Gasteiger partial charge < -0.3 is 10.2 Å². The predicted octanol–water partition coefficient (Wildman–Crippen LogP) is 4.48. The fourth-order valence-corrected chi connectivity index (χ4v) is 3.77. The number of pyridine rings is 1. The molecule has 112 valence electrons. The third kappa shape index (κ3) is 3.21. The van der Waals surface area contributed by atoms with Crippen molar-refractivity contribution in [3.05, 3.63) is 40.2 Å². The molecule has 0 amide bonds. The summed E-state index contributed by atoms with van der Waals surface area (Å²) in [6.45, 7) is 6.68. The first-order chi connectivity index (χ1) is 10.3. The fourth-order valence-electron chi connectivity index (χ4n) is 2.81. The molecule has 0 aliphatic carbocycles. The molecule has 1 unspecified atom stereocenters. The highest BCUT2D eigenvalue weighted by molar-refractivity contribution is 7.12. The zero-order valence-electron chi connectivity index (χ0n) is 12.8. The number of thiophene rings is 1. The number of nitrogens with zero attached hydrogens (tertiary/aromatic N) is 2. The van der Waals surface area contributed by atoms with Crippen LogP contribution in [0.3, 0.4) is 0 Å². The van der Waals surface area contributed by atoms with Crippen LogP contribution >= 0.6 is 11.3 Å². The van der Waals surface area contributed by atoms with E-state index < -0.39 is 0 Å². The monoisotopic (exact) mass is 301 g/mol. The third-order valence-corrected chi connectivity index (χ3v) is 5.43. The summed E-state index contributed by atoms with van der Waals surface area (Å²) in [4.78, 5) is 9.83. The average molecular weight is 301 g/mol. The smallest absolute Gasteiger partial charge is 0.151 e. The summed E-state index contributed by atoms with van der Waals surface area (Å²) in [5.74, 6) is 1.11. The molecular weight excluding hydrogens is 278 g/mol. The second kappa shape index (κ2) is 6.48. The number of anilines is 2. The van der Waals surface area contributed by atoms with Crippen LogP contribution in [-0.2, 0) is 6.42 Å². The number of aryl methyl sites for hydroxylation is 1. The standard InChI is InChI=1S/C17H23N3S/c1-3-14-8-9-16(21-14)13(2)19-15-7-6-10-18-17(15)20-11-4-5-12-20/h6-10,13,19H,3-5,11-12H2,1-2H3. The van der Waals surface area contributed by atoms with E-state index in [1.54, 1.807) is 0 Å². The first kappa shape index (κ1) is 14.4. The Labute approximate surface area is 131 Å². The van der Waals surface area contributed by atoms with E-state index in [4.69, 9.17) is 0 Å². The summed E-state index contributed by atoms with van der Waals surface area (Å²) in [6, 6.07) is 8.96. The first-order valence-electron chi connectivity index (χ1n) is 7.83. The second-order valence-corrected chi connectivity index (χ2v) is 6.79. The van der Waals surface area contributed by atoms with E-state index >= 15 is 0 Å². The van der Waals surface area contributed by atoms with Gasteiger partial charge in [-0.05, 0) is 50.5 Å². The molecule has 1 N–H and O–H groups in total. The predicted molar refractivity (Wildman–Crippen MR) is 91.4 cm³/mol. The summed E-state index contributed by atoms with van der Waals surface area (Å²) >= 11 is 1.90. The fraction of sp³-hybridized carbons (Fsp3) is 0.471. The Hall–Kier alpha value is -1.55. The minimum atomic E-state index is 0.320. The topological polar surface area (TPSA) is 28.2 Å². The highest BCUT2D eigenvalue weighted by Gasteiger charge is 2.18. The zero-order valence-corrected chi connectivity index (χ0v) is 13.6. The molecule has 3 nitrogen and oxygen atoms in total. The lowest BCUT2D eigenvalue weighted by Crippen LogP contribution is -2.21. The summed E-state index contributed by atoms with van der Waals surface area (Å²) in [7, 11) is 0. The lowest BCUT2D eigenvalue weighted by atomic mass is 10.2. The Morgan fingerprint density at radius 1 is 1.29 bits per heavy atom. The van der Waals surface area contributed by atoms with Crippen molar-refractivity contribution in [2.75, 3.05) is 23.3 Å². The highest BCUT2D eigenvalue weighted by atomic mass is 32.1. The first-order valence-corrected chi connectivity index (χ1v) is 8.64. The maximum atomic E-state index is 4.60. The van der Waals surface area contributed by atoms with Gasteiger partial charge in [0.15, 0.2) is 5.82 Å². The largest absolute Gasteiger partial charge is 0.375 e. The van der Waals surface area contributed by atoms with E-state index in [1.807, 2.05) is 23.6 Å². The van der Waals surface area contributed by atoms with Crippen LogP contribution < -0.4 is 10.2 Å². The molecule has 0 aromatic carbocycles. The van der Waals surface area contributed by atoms with E-state index in [1.165, 1.54) is 22.6 Å². The zero-order chi connectivity index (χ0) is 14.7. The Morgan fingerprint density at radius 2 is 2.10 bits per heavy atom. The second-order valence-electron chi connectivity index (χ2n) is 5.59. The SMILES string of the molecule is CCc1ccc(C(C)Nc2cccnc2N2CCCC2)s1. The molecule has 1 aliphatic heterocycles.